The lowest BCUT2D eigenvalue weighted by atomic mass is 9.43. The lowest BCUT2D eigenvalue weighted by Crippen LogP contribution is -2.55. The largest absolute Gasteiger partial charge is 0.310 e. The molecule has 4 bridgehead atoms. The van der Waals surface area contributed by atoms with Crippen LogP contribution in [0.25, 0.3) is 77.2 Å². The van der Waals surface area contributed by atoms with E-state index >= 15 is 0 Å². The number of hydrogen-bond acceptors (Lipinski definition) is 1. The Hall–Kier alpha value is -7.48. The Morgan fingerprint density at radius 1 is 0.343 bits per heavy atom. The van der Waals surface area contributed by atoms with Crippen LogP contribution in [0.3, 0.4) is 0 Å². The molecule has 0 N–H and O–H groups in total. The molecule has 0 saturated heterocycles. The van der Waals surface area contributed by atoms with Gasteiger partial charge >= 0.3 is 0 Å². The van der Waals surface area contributed by atoms with E-state index in [1.54, 1.807) is 11.1 Å². The molecule has 0 amide bonds. The Morgan fingerprint density at radius 2 is 0.843 bits per heavy atom. The van der Waals surface area contributed by atoms with Gasteiger partial charge in [-0.1, -0.05) is 190 Å². The van der Waals surface area contributed by atoms with Gasteiger partial charge in [0.25, 0.3) is 0 Å². The number of fused-ring (bicyclic) bond motifs is 9. The van der Waals surface area contributed by atoms with Crippen LogP contribution in [-0.2, 0) is 10.8 Å². The molecule has 0 aromatic heterocycles. The van der Waals surface area contributed by atoms with Gasteiger partial charge in [0.05, 0.1) is 0 Å². The SMILES string of the molecule is CC1(C)c2ccccc2-c2cccc(-c3ccccc3-c3ccc(N(c4ccc(-c5cccc6c5ccc5ccccc56)cc4)c4ccc5c(c4)C4(c6ccccc6-5)C5CC6CC(C5)CC4C6)cc3)c21. The van der Waals surface area contributed by atoms with Gasteiger partial charge in [0, 0.05) is 27.9 Å². The molecule has 10 aromatic rings. The van der Waals surface area contributed by atoms with Gasteiger partial charge in [-0.15, -0.1) is 0 Å². The zero-order valence-electron chi connectivity index (χ0n) is 40.0. The Bertz CT molecular complexity index is 3730. The number of anilines is 3. The normalized spacial score (nSPS) is 21.7. The van der Waals surface area contributed by atoms with Crippen molar-refractivity contribution in [1.29, 1.82) is 0 Å². The fraction of sp³-hybridized carbons (Fsp3) is 0.188. The molecule has 0 aliphatic heterocycles. The molecule has 10 aromatic carbocycles. The van der Waals surface area contributed by atoms with Gasteiger partial charge in [-0.2, -0.15) is 0 Å². The first kappa shape index (κ1) is 40.4. The maximum atomic E-state index is 2.64. The lowest BCUT2D eigenvalue weighted by Gasteiger charge is -2.61. The van der Waals surface area contributed by atoms with E-state index in [1.807, 2.05) is 0 Å². The summed E-state index contributed by atoms with van der Waals surface area (Å²) >= 11 is 0. The average Bonchev–Trinajstić information content (AvgIpc) is 3.83. The fourth-order valence-corrected chi connectivity index (χ4v) is 15.6. The van der Waals surface area contributed by atoms with Crippen molar-refractivity contribution in [2.45, 2.75) is 56.8 Å². The summed E-state index contributed by atoms with van der Waals surface area (Å²) in [5.41, 5.74) is 22.8. The fourth-order valence-electron chi connectivity index (χ4n) is 15.6. The van der Waals surface area contributed by atoms with E-state index in [0.29, 0.717) is 11.8 Å². The predicted octanol–water partition coefficient (Wildman–Crippen LogP) is 18.5. The summed E-state index contributed by atoms with van der Waals surface area (Å²) in [6, 6.07) is 80.9. The van der Waals surface area contributed by atoms with Crippen molar-refractivity contribution in [2.24, 2.45) is 23.7 Å². The van der Waals surface area contributed by atoms with Crippen LogP contribution in [0.1, 0.15) is 68.2 Å². The second-order valence-electron chi connectivity index (χ2n) is 22.0. The summed E-state index contributed by atoms with van der Waals surface area (Å²) in [5.74, 6) is 3.21. The quantitative estimate of drug-likeness (QED) is 0.150. The van der Waals surface area contributed by atoms with Gasteiger partial charge in [-0.05, 0) is 192 Å². The molecule has 1 spiro atoms. The first-order chi connectivity index (χ1) is 34.4. The minimum absolute atomic E-state index is 0.0878. The molecule has 0 heterocycles. The van der Waals surface area contributed by atoms with Gasteiger partial charge in [-0.3, -0.25) is 0 Å². The Balaban J connectivity index is 0.868. The maximum Gasteiger partial charge on any atom is 0.0465 e. The number of nitrogens with zero attached hydrogens (tertiary/aromatic N) is 1. The van der Waals surface area contributed by atoms with Crippen molar-refractivity contribution in [3.8, 4) is 55.6 Å². The minimum Gasteiger partial charge on any atom is -0.310 e. The van der Waals surface area contributed by atoms with Crippen LogP contribution in [0.2, 0.25) is 0 Å². The third-order valence-electron chi connectivity index (χ3n) is 18.3. The van der Waals surface area contributed by atoms with E-state index in [-0.39, 0.29) is 10.8 Å². The second kappa shape index (κ2) is 15.0. The van der Waals surface area contributed by atoms with Crippen LogP contribution in [0.15, 0.2) is 212 Å². The molecular formula is C69H55N. The molecule has 4 saturated carbocycles. The zero-order chi connectivity index (χ0) is 46.3. The van der Waals surface area contributed by atoms with Crippen molar-refractivity contribution >= 4 is 38.6 Å². The van der Waals surface area contributed by atoms with Gasteiger partial charge in [-0.25, -0.2) is 0 Å². The Kier molecular flexibility index (Phi) is 8.67. The van der Waals surface area contributed by atoms with Crippen LogP contribution >= 0.6 is 0 Å². The first-order valence-electron chi connectivity index (χ1n) is 25.9. The predicted molar refractivity (Wildman–Crippen MR) is 293 cm³/mol. The molecular weight excluding hydrogens is 843 g/mol. The third-order valence-corrected chi connectivity index (χ3v) is 18.3. The molecule has 0 atom stereocenters. The van der Waals surface area contributed by atoms with Crippen LogP contribution in [0.5, 0.6) is 0 Å². The van der Waals surface area contributed by atoms with Crippen molar-refractivity contribution in [2.75, 3.05) is 4.90 Å². The van der Waals surface area contributed by atoms with Gasteiger partial charge in [0.1, 0.15) is 0 Å². The van der Waals surface area contributed by atoms with Crippen molar-refractivity contribution in [1.82, 2.24) is 0 Å². The highest BCUT2D eigenvalue weighted by Crippen LogP contribution is 2.69. The maximum absolute atomic E-state index is 2.64. The van der Waals surface area contributed by atoms with Crippen molar-refractivity contribution in [3.63, 3.8) is 0 Å². The van der Waals surface area contributed by atoms with Gasteiger partial charge < -0.3 is 4.90 Å². The van der Waals surface area contributed by atoms with Gasteiger partial charge in [0.2, 0.25) is 0 Å². The van der Waals surface area contributed by atoms with Crippen LogP contribution in [-0.4, -0.2) is 0 Å². The van der Waals surface area contributed by atoms with E-state index < -0.39 is 0 Å². The summed E-state index contributed by atoms with van der Waals surface area (Å²) < 4.78 is 0. The highest BCUT2D eigenvalue weighted by Gasteiger charge is 2.61. The van der Waals surface area contributed by atoms with Gasteiger partial charge in [0.15, 0.2) is 0 Å². The zero-order valence-corrected chi connectivity index (χ0v) is 40.0. The molecule has 336 valence electrons. The molecule has 70 heavy (non-hydrogen) atoms. The molecule has 16 rings (SSSR count). The number of benzene rings is 10. The first-order valence-corrected chi connectivity index (χ1v) is 25.9. The van der Waals surface area contributed by atoms with Crippen LogP contribution < -0.4 is 4.90 Å². The van der Waals surface area contributed by atoms with E-state index in [2.05, 4.69) is 231 Å². The summed E-state index contributed by atoms with van der Waals surface area (Å²) in [5, 5.41) is 5.16. The van der Waals surface area contributed by atoms with Crippen LogP contribution in [0.4, 0.5) is 17.1 Å². The average molecular weight is 898 g/mol. The third kappa shape index (κ3) is 5.67. The monoisotopic (exact) mass is 897 g/mol. The Labute approximate surface area is 412 Å². The molecule has 1 nitrogen and oxygen atoms in total. The lowest BCUT2D eigenvalue weighted by molar-refractivity contribution is -0.0399. The molecule has 4 fully saturated rings. The second-order valence-corrected chi connectivity index (χ2v) is 22.0. The number of rotatable bonds is 6. The van der Waals surface area contributed by atoms with E-state index in [9.17, 15) is 0 Å². The molecule has 1 heteroatoms. The minimum atomic E-state index is -0.107. The molecule has 6 aliphatic carbocycles. The molecule has 0 unspecified atom stereocenters. The molecule has 0 radical (unpaired) electrons. The van der Waals surface area contributed by atoms with Crippen molar-refractivity contribution in [3.05, 3.63) is 235 Å². The topological polar surface area (TPSA) is 3.24 Å². The summed E-state index contributed by atoms with van der Waals surface area (Å²) in [6.07, 6.45) is 6.95. The van der Waals surface area contributed by atoms with Crippen molar-refractivity contribution < 1.29 is 0 Å². The smallest absolute Gasteiger partial charge is 0.0465 e. The summed E-state index contributed by atoms with van der Waals surface area (Å²) in [6.45, 7) is 4.79. The highest BCUT2D eigenvalue weighted by molar-refractivity contribution is 6.12. The molecule has 6 aliphatic rings. The highest BCUT2D eigenvalue weighted by atomic mass is 15.1. The van der Waals surface area contributed by atoms with E-state index in [0.717, 1.165) is 17.5 Å². The van der Waals surface area contributed by atoms with E-state index in [4.69, 9.17) is 0 Å². The van der Waals surface area contributed by atoms with E-state index in [1.165, 1.54) is 132 Å². The summed E-state index contributed by atoms with van der Waals surface area (Å²) in [4.78, 5) is 2.53. The standard InChI is InChI=1S/C69H55N/c1-68(2)64-23-9-7-18-60(64)63-22-12-21-62(67(63)68)57-16-6-5-15-54(57)46-25-30-50(31-26-46)70(51-32-27-47(28-33-51)55-19-11-20-56-53-14-4-3-13-45(53)29-35-58(55)56)52-34-36-61-59-17-8-10-24-65(59)69(66(61)42-52)48-38-43-37-44(40-48)41-49(69)39-43/h3-36,42-44,48-49H,37-41H2,1-2H3. The summed E-state index contributed by atoms with van der Waals surface area (Å²) in [7, 11) is 0. The number of hydrogen-bond donors (Lipinski definition) is 0. The Morgan fingerprint density at radius 3 is 1.56 bits per heavy atom. The van der Waals surface area contributed by atoms with Crippen LogP contribution in [0, 0.1) is 23.7 Å².